The third-order valence-corrected chi connectivity index (χ3v) is 2.90. The minimum Gasteiger partial charge on any atom is -0.495 e. The molecule has 1 atom stereocenters. The van der Waals surface area contributed by atoms with Gasteiger partial charge in [-0.1, -0.05) is 24.9 Å². The van der Waals surface area contributed by atoms with Crippen LogP contribution in [0.25, 0.3) is 0 Å². The van der Waals surface area contributed by atoms with Crippen LogP contribution in [0.2, 0.25) is 5.02 Å². The van der Waals surface area contributed by atoms with Crippen LogP contribution in [-0.4, -0.2) is 30.3 Å². The number of amides is 2. The molecule has 110 valence electrons. The van der Waals surface area contributed by atoms with Crippen molar-refractivity contribution in [3.05, 3.63) is 23.2 Å². The Labute approximate surface area is 122 Å². The van der Waals surface area contributed by atoms with Gasteiger partial charge in [0.25, 0.3) is 0 Å². The number of hydrogen-bond acceptors (Lipinski definition) is 3. The smallest absolute Gasteiger partial charge is 0.326 e. The van der Waals surface area contributed by atoms with Gasteiger partial charge in [-0.2, -0.15) is 0 Å². The van der Waals surface area contributed by atoms with E-state index in [1.54, 1.807) is 18.2 Å². The molecular formula is C13H17ClN2O4. The Hall–Kier alpha value is -1.95. The number of aliphatic carboxylic acids is 1. The predicted octanol–water partition coefficient (Wildman–Crippen LogP) is 2.72. The lowest BCUT2D eigenvalue weighted by Gasteiger charge is -2.14. The molecule has 0 unspecified atom stereocenters. The summed E-state index contributed by atoms with van der Waals surface area (Å²) >= 11 is 5.87. The van der Waals surface area contributed by atoms with Crippen LogP contribution in [-0.2, 0) is 4.79 Å². The largest absolute Gasteiger partial charge is 0.495 e. The zero-order chi connectivity index (χ0) is 15.1. The number of ether oxygens (including phenoxy) is 1. The fraction of sp³-hybridized carbons (Fsp3) is 0.385. The molecule has 0 aliphatic rings. The molecule has 0 bridgehead atoms. The van der Waals surface area contributed by atoms with Crippen molar-refractivity contribution in [1.29, 1.82) is 0 Å². The van der Waals surface area contributed by atoms with E-state index in [2.05, 4.69) is 10.6 Å². The molecule has 1 aromatic rings. The number of urea groups is 1. The van der Waals surface area contributed by atoms with Gasteiger partial charge in [-0.3, -0.25) is 0 Å². The molecule has 0 heterocycles. The number of benzene rings is 1. The third-order valence-electron chi connectivity index (χ3n) is 2.59. The first-order valence-electron chi connectivity index (χ1n) is 6.11. The maximum Gasteiger partial charge on any atom is 0.326 e. The van der Waals surface area contributed by atoms with E-state index in [9.17, 15) is 9.59 Å². The first-order valence-corrected chi connectivity index (χ1v) is 6.49. The molecule has 2 amide bonds. The van der Waals surface area contributed by atoms with Crippen LogP contribution in [0.3, 0.4) is 0 Å². The van der Waals surface area contributed by atoms with Crippen molar-refractivity contribution in [2.24, 2.45) is 0 Å². The number of carboxylic acids is 1. The van der Waals surface area contributed by atoms with Crippen LogP contribution in [0.15, 0.2) is 18.2 Å². The molecule has 0 radical (unpaired) electrons. The fourth-order valence-electron chi connectivity index (χ4n) is 1.61. The van der Waals surface area contributed by atoms with Gasteiger partial charge in [-0.25, -0.2) is 9.59 Å². The molecule has 3 N–H and O–H groups in total. The zero-order valence-electron chi connectivity index (χ0n) is 11.3. The lowest BCUT2D eigenvalue weighted by atomic mass is 10.2. The van der Waals surface area contributed by atoms with Crippen LogP contribution in [0.1, 0.15) is 19.8 Å². The topological polar surface area (TPSA) is 87.7 Å². The van der Waals surface area contributed by atoms with Crippen molar-refractivity contribution in [2.45, 2.75) is 25.8 Å². The molecule has 0 aromatic heterocycles. The normalized spacial score (nSPS) is 11.6. The average Bonchev–Trinajstić information content (AvgIpc) is 2.40. The number of methoxy groups -OCH3 is 1. The highest BCUT2D eigenvalue weighted by molar-refractivity contribution is 6.32. The van der Waals surface area contributed by atoms with Crippen molar-refractivity contribution in [3.8, 4) is 5.75 Å². The summed E-state index contributed by atoms with van der Waals surface area (Å²) in [5, 5.41) is 14.3. The molecule has 7 heteroatoms. The molecule has 0 spiro atoms. The Balaban J connectivity index is 2.68. The number of carbonyl (C=O) groups excluding carboxylic acids is 1. The SMILES string of the molecule is CCC[C@H](NC(=O)Nc1ccc(Cl)c(OC)c1)C(=O)O. The summed E-state index contributed by atoms with van der Waals surface area (Å²) < 4.78 is 5.03. The molecule has 1 aromatic carbocycles. The van der Waals surface area contributed by atoms with Gasteiger partial charge in [0.15, 0.2) is 0 Å². The number of rotatable bonds is 6. The number of nitrogens with one attached hydrogen (secondary N) is 2. The summed E-state index contributed by atoms with van der Waals surface area (Å²) in [6.07, 6.45) is 1.03. The molecule has 0 saturated heterocycles. The second-order valence-corrected chi connectivity index (χ2v) is 4.53. The van der Waals surface area contributed by atoms with E-state index in [-0.39, 0.29) is 0 Å². The van der Waals surface area contributed by atoms with Crippen molar-refractivity contribution in [1.82, 2.24) is 5.32 Å². The van der Waals surface area contributed by atoms with E-state index in [1.165, 1.54) is 7.11 Å². The van der Waals surface area contributed by atoms with E-state index in [1.807, 2.05) is 6.92 Å². The summed E-state index contributed by atoms with van der Waals surface area (Å²) in [4.78, 5) is 22.7. The Kier molecular flexibility index (Phi) is 6.11. The van der Waals surface area contributed by atoms with Gasteiger partial charge < -0.3 is 20.5 Å². The van der Waals surface area contributed by atoms with Gasteiger partial charge in [0, 0.05) is 11.8 Å². The maximum absolute atomic E-state index is 11.7. The van der Waals surface area contributed by atoms with E-state index >= 15 is 0 Å². The minimum atomic E-state index is -1.06. The average molecular weight is 301 g/mol. The van der Waals surface area contributed by atoms with Crippen molar-refractivity contribution in [3.63, 3.8) is 0 Å². The van der Waals surface area contributed by atoms with Gasteiger partial charge in [0.1, 0.15) is 11.8 Å². The van der Waals surface area contributed by atoms with Gasteiger partial charge in [0.05, 0.1) is 12.1 Å². The van der Waals surface area contributed by atoms with Crippen LogP contribution in [0.5, 0.6) is 5.75 Å². The first-order chi connectivity index (χ1) is 9.47. The van der Waals surface area contributed by atoms with Crippen LogP contribution in [0, 0.1) is 0 Å². The Morgan fingerprint density at radius 1 is 1.45 bits per heavy atom. The molecular weight excluding hydrogens is 284 g/mol. The van der Waals surface area contributed by atoms with E-state index in [0.717, 1.165) is 0 Å². The molecule has 0 saturated carbocycles. The Morgan fingerprint density at radius 2 is 2.15 bits per heavy atom. The number of carbonyl (C=O) groups is 2. The monoisotopic (exact) mass is 300 g/mol. The molecule has 6 nitrogen and oxygen atoms in total. The lowest BCUT2D eigenvalue weighted by molar-refractivity contribution is -0.139. The van der Waals surface area contributed by atoms with Crippen molar-refractivity contribution < 1.29 is 19.4 Å². The standard InChI is InChI=1S/C13H17ClN2O4/c1-3-4-10(12(17)18)16-13(19)15-8-5-6-9(14)11(7-8)20-2/h5-7,10H,3-4H2,1-2H3,(H,17,18)(H2,15,16,19)/t10-/m0/s1. The number of anilines is 1. The van der Waals surface area contributed by atoms with E-state index in [4.69, 9.17) is 21.4 Å². The first kappa shape index (κ1) is 16.1. The summed E-state index contributed by atoms with van der Waals surface area (Å²) in [7, 11) is 1.47. The Morgan fingerprint density at radius 3 is 2.70 bits per heavy atom. The van der Waals surface area contributed by atoms with E-state index in [0.29, 0.717) is 29.3 Å². The predicted molar refractivity (Wildman–Crippen MR) is 76.5 cm³/mol. The molecule has 1 rings (SSSR count). The summed E-state index contributed by atoms with van der Waals surface area (Å²) in [6.45, 7) is 1.85. The van der Waals surface area contributed by atoms with Crippen molar-refractivity contribution >= 4 is 29.3 Å². The zero-order valence-corrected chi connectivity index (χ0v) is 12.0. The van der Waals surface area contributed by atoms with Gasteiger partial charge in [0.2, 0.25) is 0 Å². The summed E-state index contributed by atoms with van der Waals surface area (Å²) in [5.41, 5.74) is 0.462. The summed E-state index contributed by atoms with van der Waals surface area (Å²) in [5.74, 6) is -0.636. The fourth-order valence-corrected chi connectivity index (χ4v) is 1.80. The van der Waals surface area contributed by atoms with Gasteiger partial charge in [-0.05, 0) is 18.6 Å². The second-order valence-electron chi connectivity index (χ2n) is 4.13. The van der Waals surface area contributed by atoms with Crippen LogP contribution < -0.4 is 15.4 Å². The number of halogens is 1. The summed E-state index contributed by atoms with van der Waals surface area (Å²) in [6, 6.07) is 3.23. The third kappa shape index (κ3) is 4.62. The quantitative estimate of drug-likeness (QED) is 0.754. The van der Waals surface area contributed by atoms with E-state index < -0.39 is 18.0 Å². The second kappa shape index (κ2) is 7.59. The van der Waals surface area contributed by atoms with Crippen molar-refractivity contribution in [2.75, 3.05) is 12.4 Å². The molecule has 0 aliphatic carbocycles. The highest BCUT2D eigenvalue weighted by atomic mass is 35.5. The van der Waals surface area contributed by atoms with Crippen LogP contribution >= 0.6 is 11.6 Å². The highest BCUT2D eigenvalue weighted by Gasteiger charge is 2.18. The lowest BCUT2D eigenvalue weighted by Crippen LogP contribution is -2.42. The molecule has 0 aliphatic heterocycles. The number of carboxylic acid groups (broad SMARTS) is 1. The Bertz CT molecular complexity index is 493. The minimum absolute atomic E-state index is 0.368. The van der Waals surface area contributed by atoms with Crippen LogP contribution in [0.4, 0.5) is 10.5 Å². The van der Waals surface area contributed by atoms with Gasteiger partial charge >= 0.3 is 12.0 Å². The highest BCUT2D eigenvalue weighted by Crippen LogP contribution is 2.27. The maximum atomic E-state index is 11.7. The molecule has 0 fully saturated rings. The van der Waals surface area contributed by atoms with Gasteiger partial charge in [-0.15, -0.1) is 0 Å². The number of hydrogen-bond donors (Lipinski definition) is 3. The molecule has 20 heavy (non-hydrogen) atoms.